The van der Waals surface area contributed by atoms with E-state index >= 15 is 0 Å². The van der Waals surface area contributed by atoms with E-state index in [2.05, 4.69) is 17.3 Å². The Morgan fingerprint density at radius 3 is 2.75 bits per heavy atom. The van der Waals surface area contributed by atoms with Gasteiger partial charge in [0, 0.05) is 30.4 Å². The molecule has 1 fully saturated rings. The van der Waals surface area contributed by atoms with Gasteiger partial charge in [-0.15, -0.1) is 0 Å². The van der Waals surface area contributed by atoms with Crippen molar-refractivity contribution in [2.75, 3.05) is 25.5 Å². The molecule has 3 N–H and O–H groups in total. The summed E-state index contributed by atoms with van der Waals surface area (Å²) in [4.78, 5) is 2.79. The van der Waals surface area contributed by atoms with Gasteiger partial charge >= 0.3 is 0 Å². The molecule has 110 valence electrons. The van der Waals surface area contributed by atoms with Gasteiger partial charge in [0.15, 0.2) is 0 Å². The molecule has 1 saturated carbocycles. The average Bonchev–Trinajstić information content (AvgIpc) is 2.92. The normalized spacial score (nSPS) is 15.8. The van der Waals surface area contributed by atoms with Crippen molar-refractivity contribution in [3.8, 4) is 0 Å². The van der Waals surface area contributed by atoms with E-state index in [1.807, 2.05) is 18.2 Å². The first-order valence-electron chi connectivity index (χ1n) is 7.11. The molecule has 0 aliphatic heterocycles. The number of hydrogen-bond donors (Lipinski definition) is 2. The second kappa shape index (κ2) is 7.25. The van der Waals surface area contributed by atoms with Crippen LogP contribution in [-0.4, -0.2) is 36.1 Å². The fourth-order valence-electron chi connectivity index (χ4n) is 2.73. The summed E-state index contributed by atoms with van der Waals surface area (Å²) in [5.41, 5.74) is 7.34. The lowest BCUT2D eigenvalue weighted by molar-refractivity contribution is 0.254. The first-order chi connectivity index (χ1) is 9.58. The van der Waals surface area contributed by atoms with Crippen LogP contribution >= 0.6 is 23.8 Å². The van der Waals surface area contributed by atoms with Crippen molar-refractivity contribution >= 4 is 34.5 Å². The van der Waals surface area contributed by atoms with Crippen LogP contribution in [0.1, 0.15) is 31.2 Å². The van der Waals surface area contributed by atoms with Gasteiger partial charge in [-0.2, -0.15) is 0 Å². The van der Waals surface area contributed by atoms with Crippen molar-refractivity contribution in [1.82, 2.24) is 4.90 Å². The van der Waals surface area contributed by atoms with Crippen LogP contribution in [0.4, 0.5) is 5.69 Å². The smallest absolute Gasteiger partial charge is 0.105 e. The highest BCUT2D eigenvalue weighted by Gasteiger charge is 2.18. The fraction of sp³-hybridized carbons (Fsp3) is 0.533. The molecule has 1 aromatic carbocycles. The van der Waals surface area contributed by atoms with Crippen LogP contribution < -0.4 is 11.1 Å². The number of likely N-dealkylation sites (N-methyl/N-ethyl adjacent to an activating group) is 1. The molecule has 0 unspecified atom stereocenters. The van der Waals surface area contributed by atoms with E-state index in [0.29, 0.717) is 10.0 Å². The summed E-state index contributed by atoms with van der Waals surface area (Å²) >= 11 is 11.1. The molecule has 3 nitrogen and oxygen atoms in total. The third-order valence-corrected chi connectivity index (χ3v) is 4.51. The third kappa shape index (κ3) is 4.08. The van der Waals surface area contributed by atoms with E-state index < -0.39 is 0 Å². The molecular formula is C15H22ClN3S. The van der Waals surface area contributed by atoms with Gasteiger partial charge in [-0.05, 0) is 38.1 Å². The zero-order valence-electron chi connectivity index (χ0n) is 11.9. The fourth-order valence-corrected chi connectivity index (χ4v) is 3.25. The summed E-state index contributed by atoms with van der Waals surface area (Å²) in [7, 11) is 2.21. The van der Waals surface area contributed by atoms with Crippen molar-refractivity contribution in [1.29, 1.82) is 0 Å². The van der Waals surface area contributed by atoms with Crippen molar-refractivity contribution < 1.29 is 0 Å². The van der Waals surface area contributed by atoms with Gasteiger partial charge in [-0.1, -0.05) is 36.7 Å². The number of halogens is 1. The van der Waals surface area contributed by atoms with Crippen LogP contribution in [0.2, 0.25) is 5.02 Å². The van der Waals surface area contributed by atoms with Crippen LogP contribution in [-0.2, 0) is 0 Å². The van der Waals surface area contributed by atoms with E-state index in [0.717, 1.165) is 30.4 Å². The highest BCUT2D eigenvalue weighted by Crippen LogP contribution is 2.23. The number of benzene rings is 1. The summed E-state index contributed by atoms with van der Waals surface area (Å²) in [5, 5.41) is 4.00. The van der Waals surface area contributed by atoms with Crippen LogP contribution in [0.25, 0.3) is 0 Å². The largest absolute Gasteiger partial charge is 0.389 e. The van der Waals surface area contributed by atoms with E-state index in [9.17, 15) is 0 Å². The molecule has 0 heterocycles. The van der Waals surface area contributed by atoms with Gasteiger partial charge < -0.3 is 16.0 Å². The Bertz CT molecular complexity index is 472. The second-order valence-electron chi connectivity index (χ2n) is 5.40. The Morgan fingerprint density at radius 2 is 2.15 bits per heavy atom. The minimum atomic E-state index is 0.336. The molecule has 5 heteroatoms. The summed E-state index contributed by atoms with van der Waals surface area (Å²) in [6.07, 6.45) is 5.42. The molecule has 1 aromatic rings. The molecule has 1 aliphatic carbocycles. The molecule has 2 rings (SSSR count). The maximum absolute atomic E-state index is 6.15. The Morgan fingerprint density at radius 1 is 1.45 bits per heavy atom. The van der Waals surface area contributed by atoms with E-state index in [1.165, 1.54) is 25.7 Å². The second-order valence-corrected chi connectivity index (χ2v) is 6.25. The minimum absolute atomic E-state index is 0.336. The minimum Gasteiger partial charge on any atom is -0.389 e. The first-order valence-corrected chi connectivity index (χ1v) is 7.90. The molecule has 0 atom stereocenters. The monoisotopic (exact) mass is 311 g/mol. The average molecular weight is 312 g/mol. The first kappa shape index (κ1) is 15.5. The molecular weight excluding hydrogens is 290 g/mol. The van der Waals surface area contributed by atoms with Gasteiger partial charge in [0.05, 0.1) is 5.02 Å². The zero-order valence-corrected chi connectivity index (χ0v) is 13.4. The summed E-state index contributed by atoms with van der Waals surface area (Å²) in [6.45, 7) is 1.95. The number of anilines is 1. The zero-order chi connectivity index (χ0) is 14.5. The summed E-state index contributed by atoms with van der Waals surface area (Å²) < 4.78 is 0. The van der Waals surface area contributed by atoms with Crippen LogP contribution in [0.5, 0.6) is 0 Å². The SMILES string of the molecule is CN(CCNc1ccc(C(N)=S)c(Cl)c1)C1CCCC1. The number of nitrogens with one attached hydrogen (secondary N) is 1. The van der Waals surface area contributed by atoms with Crippen molar-refractivity contribution in [2.24, 2.45) is 5.73 Å². The highest BCUT2D eigenvalue weighted by atomic mass is 35.5. The maximum atomic E-state index is 6.15. The van der Waals surface area contributed by atoms with Crippen molar-refractivity contribution in [3.63, 3.8) is 0 Å². The Balaban J connectivity index is 1.82. The van der Waals surface area contributed by atoms with Gasteiger partial charge in [-0.3, -0.25) is 0 Å². The van der Waals surface area contributed by atoms with Crippen LogP contribution in [0, 0.1) is 0 Å². The van der Waals surface area contributed by atoms with Gasteiger partial charge in [0.2, 0.25) is 0 Å². The molecule has 0 saturated heterocycles. The predicted octanol–water partition coefficient (Wildman–Crippen LogP) is 3.26. The van der Waals surface area contributed by atoms with Gasteiger partial charge in [0.1, 0.15) is 4.99 Å². The summed E-state index contributed by atoms with van der Waals surface area (Å²) in [6, 6.07) is 6.48. The lowest BCUT2D eigenvalue weighted by Gasteiger charge is -2.24. The van der Waals surface area contributed by atoms with Gasteiger partial charge in [-0.25, -0.2) is 0 Å². The van der Waals surface area contributed by atoms with Crippen LogP contribution in [0.3, 0.4) is 0 Å². The third-order valence-electron chi connectivity index (χ3n) is 3.98. The highest BCUT2D eigenvalue weighted by molar-refractivity contribution is 7.80. The Kier molecular flexibility index (Phi) is 5.64. The maximum Gasteiger partial charge on any atom is 0.105 e. The number of thiocarbonyl (C=S) groups is 1. The quantitative estimate of drug-likeness (QED) is 0.791. The molecule has 0 aromatic heterocycles. The lowest BCUT2D eigenvalue weighted by Crippen LogP contribution is -2.33. The molecule has 1 aliphatic rings. The van der Waals surface area contributed by atoms with E-state index in [1.54, 1.807) is 0 Å². The number of nitrogens with two attached hydrogens (primary N) is 1. The Hall–Kier alpha value is -0.840. The Labute approximate surface area is 131 Å². The van der Waals surface area contributed by atoms with Crippen molar-refractivity contribution in [3.05, 3.63) is 28.8 Å². The number of nitrogens with zero attached hydrogens (tertiary/aromatic N) is 1. The predicted molar refractivity (Wildman–Crippen MR) is 90.7 cm³/mol. The number of rotatable bonds is 6. The van der Waals surface area contributed by atoms with E-state index in [-0.39, 0.29) is 0 Å². The molecule has 0 bridgehead atoms. The molecule has 20 heavy (non-hydrogen) atoms. The molecule has 0 radical (unpaired) electrons. The summed E-state index contributed by atoms with van der Waals surface area (Å²) in [5.74, 6) is 0. The van der Waals surface area contributed by atoms with Crippen LogP contribution in [0.15, 0.2) is 18.2 Å². The topological polar surface area (TPSA) is 41.3 Å². The molecule has 0 spiro atoms. The number of hydrogen-bond acceptors (Lipinski definition) is 3. The lowest BCUT2D eigenvalue weighted by atomic mass is 10.2. The van der Waals surface area contributed by atoms with E-state index in [4.69, 9.17) is 29.6 Å². The standard InChI is InChI=1S/C15H22ClN3S/c1-19(12-4-2-3-5-12)9-8-18-11-6-7-13(15(17)20)14(16)10-11/h6-7,10,12,18H,2-5,8-9H2,1H3,(H2,17,20). The van der Waals surface area contributed by atoms with Gasteiger partial charge in [0.25, 0.3) is 0 Å². The molecule has 0 amide bonds. The van der Waals surface area contributed by atoms with Crippen molar-refractivity contribution in [2.45, 2.75) is 31.7 Å².